The highest BCUT2D eigenvalue weighted by Gasteiger charge is 2.38. The van der Waals surface area contributed by atoms with E-state index in [1.807, 2.05) is 6.92 Å². The number of benzene rings is 2. The number of imide groups is 1. The second kappa shape index (κ2) is 12.3. The van der Waals surface area contributed by atoms with Gasteiger partial charge in [-0.15, -0.1) is 0 Å². The molecule has 0 fully saturated rings. The molecule has 2 aromatic carbocycles. The molecule has 0 atom stereocenters. The fourth-order valence-electron chi connectivity index (χ4n) is 3.64. The van der Waals surface area contributed by atoms with Gasteiger partial charge >= 0.3 is 12.4 Å². The number of halogens is 8. The van der Waals surface area contributed by atoms with E-state index in [2.05, 4.69) is 0 Å². The number of rotatable bonds is 10. The Labute approximate surface area is 203 Å². The Bertz CT molecular complexity index is 1060. The number of hydrogen-bond donors (Lipinski definition) is 0. The number of amides is 2. The van der Waals surface area contributed by atoms with Crippen LogP contribution in [-0.4, -0.2) is 23.3 Å². The summed E-state index contributed by atoms with van der Waals surface area (Å²) < 4.78 is 107. The molecule has 11 heteroatoms. The molecule has 0 aromatic heterocycles. The van der Waals surface area contributed by atoms with Crippen molar-refractivity contribution in [3.8, 4) is 0 Å². The fraction of sp³-hybridized carbons (Fsp3) is 0.440. The molecule has 0 aliphatic carbocycles. The van der Waals surface area contributed by atoms with Crippen molar-refractivity contribution in [3.05, 3.63) is 70.3 Å². The molecule has 0 saturated heterocycles. The standard InChI is InChI=1S/C25H25F8NO2/c1-2-3-4-5-6-7-8-11-34(22(35)16-12-17(24(28,29)30)14-19(27)13-16)23(36)20-15-18(26)9-10-21(20)25(31,32)33/h9-10,12-15H,2-8,11H2,1H3. The third kappa shape index (κ3) is 8.03. The van der Waals surface area contributed by atoms with Crippen molar-refractivity contribution in [3.63, 3.8) is 0 Å². The zero-order chi connectivity index (χ0) is 27.1. The van der Waals surface area contributed by atoms with E-state index in [1.54, 1.807) is 0 Å². The minimum absolute atomic E-state index is 0.141. The molecule has 0 spiro atoms. The molecule has 36 heavy (non-hydrogen) atoms. The first kappa shape index (κ1) is 29.3. The number of nitrogens with zero attached hydrogens (tertiary/aromatic N) is 1. The van der Waals surface area contributed by atoms with Crippen LogP contribution in [0.2, 0.25) is 0 Å². The minimum Gasteiger partial charge on any atom is -0.274 e. The first-order chi connectivity index (χ1) is 16.8. The maximum Gasteiger partial charge on any atom is 0.417 e. The van der Waals surface area contributed by atoms with Crippen LogP contribution in [-0.2, 0) is 12.4 Å². The first-order valence-corrected chi connectivity index (χ1v) is 11.4. The van der Waals surface area contributed by atoms with Gasteiger partial charge in [0.05, 0.1) is 16.7 Å². The zero-order valence-corrected chi connectivity index (χ0v) is 19.4. The van der Waals surface area contributed by atoms with Gasteiger partial charge in [-0.2, -0.15) is 26.3 Å². The SMILES string of the molecule is CCCCCCCCCN(C(=O)c1cc(F)cc(C(F)(F)F)c1)C(=O)c1cc(F)ccc1C(F)(F)F. The summed E-state index contributed by atoms with van der Waals surface area (Å²) in [6.45, 7) is 1.57. The van der Waals surface area contributed by atoms with Crippen LogP contribution in [0.3, 0.4) is 0 Å². The van der Waals surface area contributed by atoms with E-state index in [0.29, 0.717) is 48.1 Å². The van der Waals surface area contributed by atoms with Crippen molar-refractivity contribution < 1.29 is 44.7 Å². The van der Waals surface area contributed by atoms with Gasteiger partial charge in [0.25, 0.3) is 11.8 Å². The molecule has 0 radical (unpaired) electrons. The molecule has 2 amide bonds. The van der Waals surface area contributed by atoms with Crippen LogP contribution < -0.4 is 0 Å². The molecule has 0 bridgehead atoms. The Hall–Kier alpha value is -2.98. The van der Waals surface area contributed by atoms with Crippen molar-refractivity contribution in [2.24, 2.45) is 0 Å². The van der Waals surface area contributed by atoms with Gasteiger partial charge in [0.15, 0.2) is 0 Å². The fourth-order valence-corrected chi connectivity index (χ4v) is 3.64. The molecule has 198 valence electrons. The zero-order valence-electron chi connectivity index (χ0n) is 19.4. The van der Waals surface area contributed by atoms with E-state index in [4.69, 9.17) is 0 Å². The van der Waals surface area contributed by atoms with Gasteiger partial charge in [0, 0.05) is 12.1 Å². The Morgan fingerprint density at radius 2 is 1.33 bits per heavy atom. The smallest absolute Gasteiger partial charge is 0.274 e. The van der Waals surface area contributed by atoms with Gasteiger partial charge in [-0.25, -0.2) is 8.78 Å². The molecule has 2 rings (SSSR count). The predicted molar refractivity (Wildman–Crippen MR) is 116 cm³/mol. The van der Waals surface area contributed by atoms with Crippen molar-refractivity contribution in [1.82, 2.24) is 4.90 Å². The summed E-state index contributed by atoms with van der Waals surface area (Å²) in [5.74, 6) is -5.57. The molecule has 2 aromatic rings. The summed E-state index contributed by atoms with van der Waals surface area (Å²) in [5, 5.41) is 0. The summed E-state index contributed by atoms with van der Waals surface area (Å²) in [7, 11) is 0. The monoisotopic (exact) mass is 523 g/mol. The van der Waals surface area contributed by atoms with Crippen molar-refractivity contribution >= 4 is 11.8 Å². The largest absolute Gasteiger partial charge is 0.417 e. The van der Waals surface area contributed by atoms with E-state index < -0.39 is 64.6 Å². The Kier molecular flexibility index (Phi) is 10.0. The number of alkyl halides is 6. The molecule has 0 N–H and O–H groups in total. The molecule has 0 aliphatic heterocycles. The Balaban J connectivity index is 2.42. The van der Waals surface area contributed by atoms with Gasteiger partial charge in [-0.1, -0.05) is 45.4 Å². The van der Waals surface area contributed by atoms with Gasteiger partial charge in [-0.05, 0) is 42.8 Å². The lowest BCUT2D eigenvalue weighted by atomic mass is 10.0. The lowest BCUT2D eigenvalue weighted by Crippen LogP contribution is -2.39. The van der Waals surface area contributed by atoms with E-state index in [1.165, 1.54) is 0 Å². The average Bonchev–Trinajstić information content (AvgIpc) is 2.78. The van der Waals surface area contributed by atoms with Gasteiger partial charge in [0.1, 0.15) is 11.6 Å². The summed E-state index contributed by atoms with van der Waals surface area (Å²) in [6, 6.07) is 2.05. The predicted octanol–water partition coefficient (Wildman–Crippen LogP) is 8.04. The van der Waals surface area contributed by atoms with E-state index in [-0.39, 0.29) is 12.5 Å². The highest BCUT2D eigenvalue weighted by Crippen LogP contribution is 2.34. The summed E-state index contributed by atoms with van der Waals surface area (Å²) in [6.07, 6.45) is -4.98. The van der Waals surface area contributed by atoms with E-state index >= 15 is 0 Å². The number of hydrogen-bond acceptors (Lipinski definition) is 2. The maximum absolute atomic E-state index is 13.9. The topological polar surface area (TPSA) is 37.4 Å². The number of unbranched alkanes of at least 4 members (excludes halogenated alkanes) is 6. The Morgan fingerprint density at radius 1 is 0.722 bits per heavy atom. The third-order valence-electron chi connectivity index (χ3n) is 5.47. The first-order valence-electron chi connectivity index (χ1n) is 11.4. The molecule has 0 heterocycles. The number of carbonyl (C=O) groups excluding carboxylic acids is 2. The third-order valence-corrected chi connectivity index (χ3v) is 5.47. The minimum atomic E-state index is -5.07. The van der Waals surface area contributed by atoms with Gasteiger partial charge < -0.3 is 0 Å². The van der Waals surface area contributed by atoms with Crippen molar-refractivity contribution in [2.45, 2.75) is 64.2 Å². The second-order valence-electron chi connectivity index (χ2n) is 8.30. The maximum atomic E-state index is 13.9. The molecule has 0 unspecified atom stereocenters. The quantitative estimate of drug-likeness (QED) is 0.180. The van der Waals surface area contributed by atoms with Crippen LogP contribution >= 0.6 is 0 Å². The molecular formula is C25H25F8NO2. The second-order valence-corrected chi connectivity index (χ2v) is 8.30. The van der Waals surface area contributed by atoms with E-state index in [0.717, 1.165) is 25.7 Å². The average molecular weight is 523 g/mol. The van der Waals surface area contributed by atoms with Crippen LogP contribution in [0.15, 0.2) is 36.4 Å². The van der Waals surface area contributed by atoms with Crippen LogP contribution in [0.25, 0.3) is 0 Å². The summed E-state index contributed by atoms with van der Waals surface area (Å²) >= 11 is 0. The van der Waals surface area contributed by atoms with E-state index in [9.17, 15) is 44.7 Å². The summed E-state index contributed by atoms with van der Waals surface area (Å²) in [5.41, 5.74) is -5.06. The lowest BCUT2D eigenvalue weighted by Gasteiger charge is -2.23. The number of carbonyl (C=O) groups is 2. The Morgan fingerprint density at radius 3 is 1.92 bits per heavy atom. The molecule has 0 aliphatic rings. The van der Waals surface area contributed by atoms with Crippen LogP contribution in [0.1, 0.15) is 83.7 Å². The normalized spacial score (nSPS) is 12.0. The highest BCUT2D eigenvalue weighted by atomic mass is 19.4. The van der Waals surface area contributed by atoms with Crippen molar-refractivity contribution in [2.75, 3.05) is 6.54 Å². The molecular weight excluding hydrogens is 498 g/mol. The molecule has 0 saturated carbocycles. The van der Waals surface area contributed by atoms with Gasteiger partial charge in [-0.3, -0.25) is 14.5 Å². The lowest BCUT2D eigenvalue weighted by molar-refractivity contribution is -0.138. The van der Waals surface area contributed by atoms with Crippen LogP contribution in [0.5, 0.6) is 0 Å². The van der Waals surface area contributed by atoms with Crippen molar-refractivity contribution in [1.29, 1.82) is 0 Å². The molecule has 3 nitrogen and oxygen atoms in total. The summed E-state index contributed by atoms with van der Waals surface area (Å²) in [4.78, 5) is 26.4. The van der Waals surface area contributed by atoms with Crippen LogP contribution in [0, 0.1) is 11.6 Å². The highest BCUT2D eigenvalue weighted by molar-refractivity contribution is 6.11. The van der Waals surface area contributed by atoms with Crippen LogP contribution in [0.4, 0.5) is 35.1 Å². The van der Waals surface area contributed by atoms with Gasteiger partial charge in [0.2, 0.25) is 0 Å².